The van der Waals surface area contributed by atoms with Gasteiger partial charge < -0.3 is 10.1 Å². The van der Waals surface area contributed by atoms with Gasteiger partial charge in [0, 0.05) is 23.2 Å². The number of amides is 1. The van der Waals surface area contributed by atoms with Gasteiger partial charge >= 0.3 is 5.97 Å². The van der Waals surface area contributed by atoms with Gasteiger partial charge in [-0.1, -0.05) is 11.6 Å². The van der Waals surface area contributed by atoms with Gasteiger partial charge in [0.1, 0.15) is 11.4 Å². The molecule has 0 aliphatic rings. The lowest BCUT2D eigenvalue weighted by molar-refractivity contribution is -0.385. The first-order valence-electron chi connectivity index (χ1n) is 7.24. The quantitative estimate of drug-likeness (QED) is 0.477. The summed E-state index contributed by atoms with van der Waals surface area (Å²) in [6.45, 7) is 3.17. The summed E-state index contributed by atoms with van der Waals surface area (Å²) in [4.78, 5) is 34.2. The largest absolute Gasteiger partial charge is 0.452 e. The first-order chi connectivity index (χ1) is 11.8. The monoisotopic (exact) mass is 366 g/mol. The van der Waals surface area contributed by atoms with Crippen LogP contribution in [0.3, 0.4) is 0 Å². The molecule has 25 heavy (non-hydrogen) atoms. The Kier molecular flexibility index (Phi) is 5.71. The molecule has 1 amide bonds. The predicted octanol–water partition coefficient (Wildman–Crippen LogP) is 2.82. The number of anilines is 1. The van der Waals surface area contributed by atoms with E-state index in [4.69, 9.17) is 16.3 Å². The van der Waals surface area contributed by atoms with Crippen LogP contribution in [0.25, 0.3) is 0 Å². The van der Waals surface area contributed by atoms with Crippen molar-refractivity contribution in [3.05, 3.63) is 51.2 Å². The number of nitrogens with zero attached hydrogens (tertiary/aromatic N) is 3. The second kappa shape index (κ2) is 7.75. The summed E-state index contributed by atoms with van der Waals surface area (Å²) in [7, 11) is 0. The first-order valence-corrected chi connectivity index (χ1v) is 7.62. The van der Waals surface area contributed by atoms with Crippen molar-refractivity contribution in [3.8, 4) is 0 Å². The molecule has 9 nitrogen and oxygen atoms in total. The van der Waals surface area contributed by atoms with Crippen molar-refractivity contribution >= 4 is 35.0 Å². The number of nitro benzene ring substituents is 1. The van der Waals surface area contributed by atoms with Gasteiger partial charge in [-0.05, 0) is 26.0 Å². The number of hydrogen-bond donors (Lipinski definition) is 1. The molecule has 0 fully saturated rings. The fraction of sp³-hybridized carbons (Fsp3) is 0.267. The number of halogens is 1. The number of ether oxygens (including phenoxy) is 1. The number of hydrogen-bond acceptors (Lipinski definition) is 6. The van der Waals surface area contributed by atoms with Crippen LogP contribution in [0.2, 0.25) is 5.02 Å². The average molecular weight is 367 g/mol. The lowest BCUT2D eigenvalue weighted by Gasteiger charge is -2.12. The van der Waals surface area contributed by atoms with Crippen molar-refractivity contribution in [2.75, 3.05) is 11.9 Å². The van der Waals surface area contributed by atoms with Gasteiger partial charge in [-0.2, -0.15) is 5.10 Å². The topological polar surface area (TPSA) is 116 Å². The standard InChI is InChI=1S/C15H15ClN4O5/c1-9(2)19-13(5-6-17-19)18-14(21)8-25-15(22)11-7-10(16)3-4-12(11)20(23)24/h3-7,9H,8H2,1-2H3,(H,18,21). The molecular weight excluding hydrogens is 352 g/mol. The van der Waals surface area contributed by atoms with Crippen LogP contribution in [-0.4, -0.2) is 33.2 Å². The van der Waals surface area contributed by atoms with Crippen LogP contribution in [0.5, 0.6) is 0 Å². The minimum atomic E-state index is -1.01. The third-order valence-corrected chi connectivity index (χ3v) is 3.37. The van der Waals surface area contributed by atoms with Crippen molar-refractivity contribution in [2.45, 2.75) is 19.9 Å². The van der Waals surface area contributed by atoms with Gasteiger partial charge in [0.05, 0.1) is 11.1 Å². The Morgan fingerprint density at radius 3 is 2.76 bits per heavy atom. The molecular formula is C15H15ClN4O5. The number of nitrogens with one attached hydrogen (secondary N) is 1. The highest BCUT2D eigenvalue weighted by atomic mass is 35.5. The molecule has 1 aromatic carbocycles. The lowest BCUT2D eigenvalue weighted by Crippen LogP contribution is -2.23. The van der Waals surface area contributed by atoms with Gasteiger partial charge in [0.15, 0.2) is 6.61 Å². The molecule has 0 spiro atoms. The Labute approximate surface area is 147 Å². The summed E-state index contributed by atoms with van der Waals surface area (Å²) in [5.74, 6) is -1.16. The number of carbonyl (C=O) groups is 2. The fourth-order valence-electron chi connectivity index (χ4n) is 2.04. The van der Waals surface area contributed by atoms with E-state index in [0.29, 0.717) is 5.82 Å². The summed E-state index contributed by atoms with van der Waals surface area (Å²) < 4.78 is 6.43. The van der Waals surface area contributed by atoms with Crippen molar-refractivity contribution in [3.63, 3.8) is 0 Å². The van der Waals surface area contributed by atoms with Crippen molar-refractivity contribution in [2.24, 2.45) is 0 Å². The second-order valence-electron chi connectivity index (χ2n) is 5.30. The number of carbonyl (C=O) groups excluding carboxylic acids is 2. The van der Waals surface area contributed by atoms with Crippen LogP contribution in [-0.2, 0) is 9.53 Å². The van der Waals surface area contributed by atoms with Crippen molar-refractivity contribution < 1.29 is 19.2 Å². The lowest BCUT2D eigenvalue weighted by atomic mass is 10.2. The van der Waals surface area contributed by atoms with E-state index in [1.54, 1.807) is 10.7 Å². The van der Waals surface area contributed by atoms with E-state index in [1.165, 1.54) is 12.3 Å². The average Bonchev–Trinajstić information content (AvgIpc) is 3.00. The van der Waals surface area contributed by atoms with E-state index >= 15 is 0 Å². The van der Waals surface area contributed by atoms with Crippen LogP contribution in [0, 0.1) is 10.1 Å². The van der Waals surface area contributed by atoms with E-state index < -0.39 is 29.1 Å². The van der Waals surface area contributed by atoms with Crippen LogP contribution >= 0.6 is 11.6 Å². The number of aromatic nitrogens is 2. The van der Waals surface area contributed by atoms with Crippen LogP contribution < -0.4 is 5.32 Å². The van der Waals surface area contributed by atoms with Gasteiger partial charge in [-0.25, -0.2) is 9.48 Å². The molecule has 0 bridgehead atoms. The van der Waals surface area contributed by atoms with E-state index in [0.717, 1.165) is 12.1 Å². The van der Waals surface area contributed by atoms with E-state index in [-0.39, 0.29) is 16.6 Å². The third kappa shape index (κ3) is 4.54. The molecule has 1 heterocycles. The maximum absolute atomic E-state index is 12.0. The molecule has 10 heteroatoms. The molecule has 2 rings (SSSR count). The van der Waals surface area contributed by atoms with Gasteiger partial charge in [-0.3, -0.25) is 14.9 Å². The minimum Gasteiger partial charge on any atom is -0.452 e. The Balaban J connectivity index is 2.03. The SMILES string of the molecule is CC(C)n1nccc1NC(=O)COC(=O)c1cc(Cl)ccc1[N+](=O)[O-]. The highest BCUT2D eigenvalue weighted by Gasteiger charge is 2.22. The Morgan fingerprint density at radius 1 is 1.40 bits per heavy atom. The van der Waals surface area contributed by atoms with E-state index in [2.05, 4.69) is 10.4 Å². The maximum Gasteiger partial charge on any atom is 0.345 e. The summed E-state index contributed by atoms with van der Waals surface area (Å²) in [6, 6.07) is 5.13. The molecule has 132 valence electrons. The zero-order chi connectivity index (χ0) is 18.6. The summed E-state index contributed by atoms with van der Waals surface area (Å²) in [5, 5.41) is 17.7. The van der Waals surface area contributed by atoms with Crippen molar-refractivity contribution in [1.29, 1.82) is 0 Å². The van der Waals surface area contributed by atoms with Crippen LogP contribution in [0.15, 0.2) is 30.5 Å². The second-order valence-corrected chi connectivity index (χ2v) is 5.73. The van der Waals surface area contributed by atoms with E-state index in [1.807, 2.05) is 13.8 Å². The summed E-state index contributed by atoms with van der Waals surface area (Å²) in [5.41, 5.74) is -0.773. The number of benzene rings is 1. The predicted molar refractivity (Wildman–Crippen MR) is 89.6 cm³/mol. The Morgan fingerprint density at radius 2 is 2.12 bits per heavy atom. The summed E-state index contributed by atoms with van der Waals surface area (Å²) >= 11 is 5.75. The Hall–Kier alpha value is -2.94. The number of rotatable bonds is 6. The highest BCUT2D eigenvalue weighted by Crippen LogP contribution is 2.23. The highest BCUT2D eigenvalue weighted by molar-refractivity contribution is 6.31. The Bertz CT molecular complexity index is 818. The molecule has 0 saturated heterocycles. The van der Waals surface area contributed by atoms with Gasteiger partial charge in [0.25, 0.3) is 11.6 Å². The first kappa shape index (κ1) is 18.4. The minimum absolute atomic E-state index is 0.0296. The molecule has 1 N–H and O–H groups in total. The number of nitro groups is 1. The van der Waals surface area contributed by atoms with Gasteiger partial charge in [0.2, 0.25) is 0 Å². The van der Waals surface area contributed by atoms with Crippen LogP contribution in [0.1, 0.15) is 30.2 Å². The maximum atomic E-state index is 12.0. The summed E-state index contributed by atoms with van der Waals surface area (Å²) in [6.07, 6.45) is 1.52. The molecule has 0 radical (unpaired) electrons. The molecule has 0 aliphatic carbocycles. The number of esters is 1. The molecule has 1 aromatic heterocycles. The van der Waals surface area contributed by atoms with Gasteiger partial charge in [-0.15, -0.1) is 0 Å². The third-order valence-electron chi connectivity index (χ3n) is 3.14. The molecule has 2 aromatic rings. The van der Waals surface area contributed by atoms with E-state index in [9.17, 15) is 19.7 Å². The smallest absolute Gasteiger partial charge is 0.345 e. The molecule has 0 unspecified atom stereocenters. The van der Waals surface area contributed by atoms with Crippen molar-refractivity contribution in [1.82, 2.24) is 9.78 Å². The zero-order valence-corrected chi connectivity index (χ0v) is 14.2. The zero-order valence-electron chi connectivity index (χ0n) is 13.4. The molecule has 0 saturated carbocycles. The molecule has 0 aliphatic heterocycles. The van der Waals surface area contributed by atoms with Crippen LogP contribution in [0.4, 0.5) is 11.5 Å². The molecule has 0 atom stereocenters. The normalized spacial score (nSPS) is 10.6. The fourth-order valence-corrected chi connectivity index (χ4v) is 2.22.